The fourth-order valence-electron chi connectivity index (χ4n) is 5.82. The first kappa shape index (κ1) is 33.2. The summed E-state index contributed by atoms with van der Waals surface area (Å²) in [5.41, 5.74) is 8.20. The van der Waals surface area contributed by atoms with E-state index in [0.29, 0.717) is 54.7 Å². The van der Waals surface area contributed by atoms with Crippen molar-refractivity contribution >= 4 is 46.7 Å². The summed E-state index contributed by atoms with van der Waals surface area (Å²) in [6.45, 7) is 5.18. The van der Waals surface area contributed by atoms with E-state index in [9.17, 15) is 19.5 Å². The quantitative estimate of drug-likeness (QED) is 0.166. The molecule has 244 valence electrons. The predicted molar refractivity (Wildman–Crippen MR) is 177 cm³/mol. The number of nitrogens with zero attached hydrogens (tertiary/aromatic N) is 2. The van der Waals surface area contributed by atoms with Gasteiger partial charge in [-0.3, -0.25) is 14.4 Å². The van der Waals surface area contributed by atoms with E-state index in [0.717, 1.165) is 16.7 Å². The third kappa shape index (κ3) is 7.14. The van der Waals surface area contributed by atoms with Gasteiger partial charge in [0.2, 0.25) is 5.78 Å². The summed E-state index contributed by atoms with van der Waals surface area (Å²) < 4.78 is 17.4. The van der Waals surface area contributed by atoms with Crippen molar-refractivity contribution in [2.24, 2.45) is 0 Å². The Kier molecular flexibility index (Phi) is 10.8. The van der Waals surface area contributed by atoms with Crippen molar-refractivity contribution in [2.45, 2.75) is 50.7 Å². The number of aliphatic hydroxyl groups is 1. The smallest absolute Gasteiger partial charge is 0.256 e. The van der Waals surface area contributed by atoms with Gasteiger partial charge in [0.25, 0.3) is 11.8 Å². The second-order valence-corrected chi connectivity index (χ2v) is 12.5. The number of likely N-dealkylation sites (tertiary alicyclic amines) is 1. The van der Waals surface area contributed by atoms with Crippen molar-refractivity contribution in [3.8, 4) is 11.5 Å². The van der Waals surface area contributed by atoms with Gasteiger partial charge in [-0.2, -0.15) is 0 Å². The molecule has 5 rings (SSSR count). The molecule has 2 aromatic rings. The van der Waals surface area contributed by atoms with Crippen LogP contribution >= 0.6 is 11.8 Å². The van der Waals surface area contributed by atoms with Crippen LogP contribution in [0, 0.1) is 0 Å². The third-order valence-corrected chi connectivity index (χ3v) is 9.13. The van der Waals surface area contributed by atoms with E-state index < -0.39 is 6.10 Å². The van der Waals surface area contributed by atoms with E-state index in [4.69, 9.17) is 19.9 Å². The van der Waals surface area contributed by atoms with Crippen LogP contribution in [0.3, 0.4) is 0 Å². The predicted octanol–water partition coefficient (Wildman–Crippen LogP) is 1.74. The Morgan fingerprint density at radius 3 is 2.80 bits per heavy atom. The number of aliphatic hydroxyl groups excluding tert-OH is 1. The topological polar surface area (TPSA) is 153 Å². The van der Waals surface area contributed by atoms with E-state index in [1.165, 1.54) is 19.3 Å². The molecule has 11 nitrogen and oxygen atoms in total. The van der Waals surface area contributed by atoms with Gasteiger partial charge in [-0.1, -0.05) is 19.1 Å². The molecule has 46 heavy (non-hydrogen) atoms. The summed E-state index contributed by atoms with van der Waals surface area (Å²) >= 11 is 1.60. The van der Waals surface area contributed by atoms with Crippen molar-refractivity contribution in [3.63, 3.8) is 0 Å². The number of ether oxygens (including phenoxy) is 3. The molecule has 1 fully saturated rings. The largest absolute Gasteiger partial charge is 0.493 e. The first-order valence-corrected chi connectivity index (χ1v) is 16.5. The van der Waals surface area contributed by atoms with Gasteiger partial charge in [-0.25, -0.2) is 4.98 Å². The van der Waals surface area contributed by atoms with Gasteiger partial charge in [-0.15, -0.1) is 11.8 Å². The maximum atomic E-state index is 13.7. The number of hydrogen-bond donors (Lipinski definition) is 3. The number of ketones is 1. The highest BCUT2D eigenvalue weighted by molar-refractivity contribution is 7.99. The number of amides is 2. The number of β-amino-alcohol motifs (C(OH)–C–C–N with tert-alkyl or cyclic N) is 1. The number of nitrogen functional groups attached to an aromatic ring is 1. The number of nitrogens with one attached hydrogen (secondary N) is 1. The molecule has 1 aliphatic heterocycles. The summed E-state index contributed by atoms with van der Waals surface area (Å²) in [6.07, 6.45) is 9.62. The van der Waals surface area contributed by atoms with Gasteiger partial charge >= 0.3 is 0 Å². The van der Waals surface area contributed by atoms with E-state index >= 15 is 0 Å². The third-order valence-electron chi connectivity index (χ3n) is 8.02. The number of aromatic nitrogens is 1. The molecule has 1 aromatic heterocycles. The first-order valence-electron chi connectivity index (χ1n) is 15.5. The van der Waals surface area contributed by atoms with Gasteiger partial charge in [0.05, 0.1) is 36.8 Å². The maximum absolute atomic E-state index is 13.7. The van der Waals surface area contributed by atoms with E-state index in [2.05, 4.69) is 10.3 Å². The lowest BCUT2D eigenvalue weighted by Crippen LogP contribution is -2.43. The van der Waals surface area contributed by atoms with Gasteiger partial charge in [0.15, 0.2) is 11.5 Å². The molecular formula is C34H40N4O7S. The minimum atomic E-state index is -0.650. The van der Waals surface area contributed by atoms with Crippen LogP contribution in [0.4, 0.5) is 5.69 Å². The molecule has 0 bridgehead atoms. The van der Waals surface area contributed by atoms with Crippen LogP contribution in [-0.2, 0) is 16.0 Å². The molecule has 1 aromatic carbocycles. The van der Waals surface area contributed by atoms with Gasteiger partial charge in [-0.05, 0) is 67.9 Å². The fraction of sp³-hybridized carbons (Fsp3) is 0.412. The lowest BCUT2D eigenvalue weighted by atomic mass is 9.98. The standard InChI is InChI=1S/C34H40N4O7S/c1-4-44-34(46-5-2)27-16-21(39)19-38(27)33(42)24-17-29(43-3)30(18-25(24)35)45-14-8-13-36-32(41)22-11-12-28(40)31-23(22)15-20-9-6-7-10-26(20)37-31/h6-7,10-12,15,17-18,21,27,34,39H,4-5,8-9,13-14,16,19,35H2,1-3H3,(H,36,41)/t21-,27+,34?/m1/s1. The summed E-state index contributed by atoms with van der Waals surface area (Å²) in [7, 11) is 1.48. The first-order chi connectivity index (χ1) is 22.2. The Hall–Kier alpha value is -4.13. The number of carbonyl (C=O) groups excluding carboxylic acids is 3. The molecule has 2 amide bonds. The molecule has 1 unspecified atom stereocenters. The van der Waals surface area contributed by atoms with Crippen LogP contribution in [0.1, 0.15) is 53.1 Å². The molecule has 0 radical (unpaired) electrons. The van der Waals surface area contributed by atoms with Gasteiger partial charge in [0, 0.05) is 42.2 Å². The Morgan fingerprint density at radius 2 is 2.04 bits per heavy atom. The molecule has 2 heterocycles. The number of benzene rings is 1. The Bertz CT molecular complexity index is 1680. The van der Waals surface area contributed by atoms with Crippen molar-refractivity contribution in [3.05, 3.63) is 69.9 Å². The second-order valence-electron chi connectivity index (χ2n) is 11.1. The zero-order chi connectivity index (χ0) is 32.8. The summed E-state index contributed by atoms with van der Waals surface area (Å²) in [5.74, 6) is 0.682. The van der Waals surface area contributed by atoms with Crippen molar-refractivity contribution in [2.75, 3.05) is 44.9 Å². The van der Waals surface area contributed by atoms with E-state index in [1.807, 2.05) is 38.1 Å². The highest BCUT2D eigenvalue weighted by Gasteiger charge is 2.40. The minimum absolute atomic E-state index is 0.189. The van der Waals surface area contributed by atoms with Crippen LogP contribution < -0.4 is 31.1 Å². The molecule has 0 spiro atoms. The summed E-state index contributed by atoms with van der Waals surface area (Å²) in [6, 6.07) is 4.70. The van der Waals surface area contributed by atoms with Gasteiger partial charge < -0.3 is 35.3 Å². The highest BCUT2D eigenvalue weighted by Crippen LogP contribution is 2.36. The van der Waals surface area contributed by atoms with Crippen LogP contribution in [-0.4, -0.2) is 89.3 Å². The molecule has 4 N–H and O–H groups in total. The zero-order valence-electron chi connectivity index (χ0n) is 26.3. The van der Waals surface area contributed by atoms with Crippen LogP contribution in [0.15, 0.2) is 42.5 Å². The van der Waals surface area contributed by atoms with Crippen molar-refractivity contribution < 1.29 is 33.7 Å². The summed E-state index contributed by atoms with van der Waals surface area (Å²) in [5, 5.41) is 14.6. The number of carbonyl (C=O) groups is 3. The number of fused-ring (bicyclic) bond motifs is 2. The molecule has 3 aliphatic rings. The Balaban J connectivity index is 1.22. The van der Waals surface area contributed by atoms with Crippen LogP contribution in [0.25, 0.3) is 11.6 Å². The number of allylic oxidation sites excluding steroid dienone is 3. The SMILES string of the molecule is CCOC(SCC)[C@@H]1C[C@@H](O)CN1C(=O)c1cc(OC)c(OCCCNC(=O)C2=c3cc4c(nc3C(=O)C=C2)=CC=CC4)cc1N. The van der Waals surface area contributed by atoms with E-state index in [-0.39, 0.29) is 59.2 Å². The lowest BCUT2D eigenvalue weighted by molar-refractivity contribution is -0.115. The number of pyridine rings is 1. The number of methoxy groups -OCH3 is 1. The Labute approximate surface area is 272 Å². The normalized spacial score (nSPS) is 18.9. The number of rotatable bonds is 13. The molecule has 3 atom stereocenters. The van der Waals surface area contributed by atoms with E-state index in [1.54, 1.807) is 28.8 Å². The lowest BCUT2D eigenvalue weighted by Gasteiger charge is -2.31. The average Bonchev–Trinajstić information content (AvgIpc) is 3.45. The second kappa shape index (κ2) is 15.0. The van der Waals surface area contributed by atoms with Crippen molar-refractivity contribution in [1.29, 1.82) is 0 Å². The summed E-state index contributed by atoms with van der Waals surface area (Å²) in [4.78, 5) is 45.4. The molecule has 12 heteroatoms. The number of hydrogen-bond acceptors (Lipinski definition) is 10. The number of anilines is 1. The molecule has 0 saturated carbocycles. The number of nitrogens with two attached hydrogens (primary N) is 1. The monoisotopic (exact) mass is 648 g/mol. The van der Waals surface area contributed by atoms with Gasteiger partial charge in [0.1, 0.15) is 11.1 Å². The number of thioether (sulfide) groups is 1. The molecule has 2 aliphatic carbocycles. The van der Waals surface area contributed by atoms with Crippen molar-refractivity contribution in [1.82, 2.24) is 15.2 Å². The van der Waals surface area contributed by atoms with Crippen LogP contribution in [0.2, 0.25) is 0 Å². The molecule has 1 saturated heterocycles. The zero-order valence-corrected chi connectivity index (χ0v) is 27.1. The average molecular weight is 649 g/mol. The minimum Gasteiger partial charge on any atom is -0.493 e. The van der Waals surface area contributed by atoms with Crippen LogP contribution in [0.5, 0.6) is 11.5 Å². The highest BCUT2D eigenvalue weighted by atomic mass is 32.2. The Morgan fingerprint density at radius 1 is 1.22 bits per heavy atom. The fourth-order valence-corrected chi connectivity index (χ4v) is 6.86. The maximum Gasteiger partial charge on any atom is 0.256 e. The molecular weight excluding hydrogens is 608 g/mol.